The molecule has 0 aliphatic heterocycles. The quantitative estimate of drug-likeness (QED) is 0.685. The summed E-state index contributed by atoms with van der Waals surface area (Å²) in [5.41, 5.74) is -0.414. The Morgan fingerprint density at radius 1 is 1.21 bits per heavy atom. The molecule has 24 heavy (non-hydrogen) atoms. The predicted octanol–water partition coefficient (Wildman–Crippen LogP) is 3.00. The molecule has 0 saturated carbocycles. The summed E-state index contributed by atoms with van der Waals surface area (Å²) in [7, 11) is 0. The predicted molar refractivity (Wildman–Crippen MR) is 76.3 cm³/mol. The number of hydrogen-bond acceptors (Lipinski definition) is 3. The Morgan fingerprint density at radius 3 is 2.33 bits per heavy atom. The zero-order chi connectivity index (χ0) is 18.1. The van der Waals surface area contributed by atoms with Gasteiger partial charge < -0.3 is 10.1 Å². The second-order valence-corrected chi connectivity index (χ2v) is 6.02. The zero-order valence-corrected chi connectivity index (χ0v) is 13.2. The number of benzene rings is 1. The summed E-state index contributed by atoms with van der Waals surface area (Å²) in [6, 6.07) is 1.45. The SMILES string of the molecule is CC(C)(C)NC(=O)c1ccn(COc2c(F)c(F)cc(F)c2F)n1. The molecule has 1 aromatic carbocycles. The second-order valence-electron chi connectivity index (χ2n) is 6.02. The first-order chi connectivity index (χ1) is 11.1. The Kier molecular flexibility index (Phi) is 4.81. The van der Waals surface area contributed by atoms with Crippen molar-refractivity contribution in [2.75, 3.05) is 0 Å². The Balaban J connectivity index is 2.11. The van der Waals surface area contributed by atoms with Crippen molar-refractivity contribution in [3.8, 4) is 5.75 Å². The molecule has 2 rings (SSSR count). The fourth-order valence-electron chi connectivity index (χ4n) is 1.77. The van der Waals surface area contributed by atoms with Crippen LogP contribution >= 0.6 is 0 Å². The van der Waals surface area contributed by atoms with Crippen LogP contribution in [0.3, 0.4) is 0 Å². The van der Waals surface area contributed by atoms with Gasteiger partial charge in [0.05, 0.1) is 0 Å². The normalized spacial score (nSPS) is 11.5. The average molecular weight is 345 g/mol. The fraction of sp³-hybridized carbons (Fsp3) is 0.333. The molecule has 0 spiro atoms. The van der Waals surface area contributed by atoms with Gasteiger partial charge in [0.15, 0.2) is 24.1 Å². The highest BCUT2D eigenvalue weighted by Gasteiger charge is 2.21. The first-order valence-electron chi connectivity index (χ1n) is 6.90. The van der Waals surface area contributed by atoms with Crippen molar-refractivity contribution < 1.29 is 27.1 Å². The summed E-state index contributed by atoms with van der Waals surface area (Å²) in [4.78, 5) is 11.9. The number of hydrogen-bond donors (Lipinski definition) is 1. The van der Waals surface area contributed by atoms with Crippen LogP contribution in [0.15, 0.2) is 18.3 Å². The van der Waals surface area contributed by atoms with Crippen molar-refractivity contribution >= 4 is 5.91 Å². The molecule has 9 heteroatoms. The molecule has 0 radical (unpaired) electrons. The first kappa shape index (κ1) is 17.8. The highest BCUT2D eigenvalue weighted by molar-refractivity contribution is 5.92. The number of ether oxygens (including phenoxy) is 1. The molecule has 5 nitrogen and oxygen atoms in total. The van der Waals surface area contributed by atoms with Gasteiger partial charge in [0, 0.05) is 17.8 Å². The van der Waals surface area contributed by atoms with Crippen LogP contribution in [0.25, 0.3) is 0 Å². The fourth-order valence-corrected chi connectivity index (χ4v) is 1.77. The molecule has 130 valence electrons. The standard InChI is InChI=1S/C15H15F4N3O2/c1-15(2,3)20-14(23)10-4-5-22(21-10)7-24-13-11(18)8(16)6-9(17)12(13)19/h4-6H,7H2,1-3H3,(H,20,23). The Hall–Kier alpha value is -2.58. The van der Waals surface area contributed by atoms with E-state index in [-0.39, 0.29) is 11.8 Å². The highest BCUT2D eigenvalue weighted by atomic mass is 19.2. The second kappa shape index (κ2) is 6.50. The van der Waals surface area contributed by atoms with E-state index in [4.69, 9.17) is 4.74 Å². The summed E-state index contributed by atoms with van der Waals surface area (Å²) in [6.07, 6.45) is 1.32. The van der Waals surface area contributed by atoms with E-state index in [0.29, 0.717) is 0 Å². The van der Waals surface area contributed by atoms with Gasteiger partial charge in [-0.3, -0.25) is 4.79 Å². The number of rotatable bonds is 4. The van der Waals surface area contributed by atoms with Crippen LogP contribution < -0.4 is 10.1 Å². The van der Waals surface area contributed by atoms with E-state index in [0.717, 1.165) is 4.68 Å². The van der Waals surface area contributed by atoms with Crippen LogP contribution in [-0.2, 0) is 6.73 Å². The van der Waals surface area contributed by atoms with E-state index in [9.17, 15) is 22.4 Å². The van der Waals surface area contributed by atoms with E-state index in [1.54, 1.807) is 20.8 Å². The van der Waals surface area contributed by atoms with Crippen LogP contribution in [0.4, 0.5) is 17.6 Å². The lowest BCUT2D eigenvalue weighted by molar-refractivity contribution is 0.0912. The smallest absolute Gasteiger partial charge is 0.272 e. The van der Waals surface area contributed by atoms with Crippen molar-refractivity contribution in [3.05, 3.63) is 47.3 Å². The molecule has 2 aromatic rings. The molecule has 0 bridgehead atoms. The van der Waals surface area contributed by atoms with E-state index < -0.39 is 47.2 Å². The number of nitrogens with one attached hydrogen (secondary N) is 1. The van der Waals surface area contributed by atoms with Crippen LogP contribution in [0.5, 0.6) is 5.75 Å². The van der Waals surface area contributed by atoms with E-state index >= 15 is 0 Å². The minimum Gasteiger partial charge on any atom is -0.465 e. The third kappa shape index (κ3) is 4.03. The third-order valence-corrected chi connectivity index (χ3v) is 2.77. The largest absolute Gasteiger partial charge is 0.465 e. The lowest BCUT2D eigenvalue weighted by atomic mass is 10.1. The van der Waals surface area contributed by atoms with Crippen LogP contribution in [0.2, 0.25) is 0 Å². The van der Waals surface area contributed by atoms with Gasteiger partial charge in [-0.2, -0.15) is 13.9 Å². The molecule has 1 amide bonds. The van der Waals surface area contributed by atoms with Gasteiger partial charge in [-0.05, 0) is 26.8 Å². The summed E-state index contributed by atoms with van der Waals surface area (Å²) >= 11 is 0. The van der Waals surface area contributed by atoms with E-state index in [1.807, 2.05) is 0 Å². The average Bonchev–Trinajstić information content (AvgIpc) is 2.92. The summed E-state index contributed by atoms with van der Waals surface area (Å²) < 4.78 is 58.9. The number of halogens is 4. The molecule has 0 aliphatic carbocycles. The van der Waals surface area contributed by atoms with Crippen molar-refractivity contribution in [2.24, 2.45) is 0 Å². The summed E-state index contributed by atoms with van der Waals surface area (Å²) in [5.74, 6) is -8.08. The van der Waals surface area contributed by atoms with Gasteiger partial charge >= 0.3 is 0 Å². The Labute approximate surface area is 135 Å². The van der Waals surface area contributed by atoms with E-state index in [2.05, 4.69) is 10.4 Å². The number of amides is 1. The van der Waals surface area contributed by atoms with Crippen LogP contribution in [0, 0.1) is 23.3 Å². The number of carbonyl (C=O) groups excluding carboxylic acids is 1. The molecule has 0 unspecified atom stereocenters. The number of aromatic nitrogens is 2. The lowest BCUT2D eigenvalue weighted by Crippen LogP contribution is -2.40. The molecular formula is C15H15F4N3O2. The number of carbonyl (C=O) groups is 1. The Morgan fingerprint density at radius 2 is 1.79 bits per heavy atom. The molecule has 0 atom stereocenters. The van der Waals surface area contributed by atoms with Crippen molar-refractivity contribution in [2.45, 2.75) is 33.0 Å². The van der Waals surface area contributed by atoms with Crippen LogP contribution in [-0.4, -0.2) is 21.2 Å². The highest BCUT2D eigenvalue weighted by Crippen LogP contribution is 2.26. The maximum atomic E-state index is 13.5. The first-order valence-corrected chi connectivity index (χ1v) is 6.90. The molecule has 1 aromatic heterocycles. The molecule has 0 fully saturated rings. The monoisotopic (exact) mass is 345 g/mol. The zero-order valence-electron chi connectivity index (χ0n) is 13.2. The van der Waals surface area contributed by atoms with Crippen LogP contribution in [0.1, 0.15) is 31.3 Å². The molecular weight excluding hydrogens is 330 g/mol. The minimum atomic E-state index is -1.65. The van der Waals surface area contributed by atoms with Gasteiger partial charge in [0.25, 0.3) is 5.91 Å². The topological polar surface area (TPSA) is 56.2 Å². The third-order valence-electron chi connectivity index (χ3n) is 2.77. The van der Waals surface area contributed by atoms with E-state index in [1.165, 1.54) is 12.3 Å². The molecule has 0 aliphatic rings. The van der Waals surface area contributed by atoms with Gasteiger partial charge in [-0.1, -0.05) is 0 Å². The molecule has 1 heterocycles. The lowest BCUT2D eigenvalue weighted by Gasteiger charge is -2.19. The summed E-state index contributed by atoms with van der Waals surface area (Å²) in [5, 5.41) is 6.54. The van der Waals surface area contributed by atoms with Crippen molar-refractivity contribution in [1.29, 1.82) is 0 Å². The summed E-state index contributed by atoms with van der Waals surface area (Å²) in [6.45, 7) is 4.82. The van der Waals surface area contributed by atoms with Gasteiger partial charge in [0.2, 0.25) is 11.6 Å². The molecule has 0 saturated heterocycles. The molecule has 1 N–H and O–H groups in total. The van der Waals surface area contributed by atoms with Crippen molar-refractivity contribution in [1.82, 2.24) is 15.1 Å². The maximum absolute atomic E-state index is 13.5. The van der Waals surface area contributed by atoms with Gasteiger partial charge in [-0.15, -0.1) is 0 Å². The maximum Gasteiger partial charge on any atom is 0.272 e. The van der Waals surface area contributed by atoms with Gasteiger partial charge in [0.1, 0.15) is 5.69 Å². The van der Waals surface area contributed by atoms with Gasteiger partial charge in [-0.25, -0.2) is 13.5 Å². The minimum absolute atomic E-state index is 0.0555. The number of nitrogens with zero attached hydrogens (tertiary/aromatic N) is 2. The van der Waals surface area contributed by atoms with Crippen molar-refractivity contribution in [3.63, 3.8) is 0 Å². The Bertz CT molecular complexity index is 743.